The summed E-state index contributed by atoms with van der Waals surface area (Å²) in [5.74, 6) is 0.683. The molecule has 1 aromatic carbocycles. The van der Waals surface area contributed by atoms with Gasteiger partial charge in [0.25, 0.3) is 0 Å². The van der Waals surface area contributed by atoms with E-state index in [0.717, 1.165) is 38.4 Å². The van der Waals surface area contributed by atoms with Crippen LogP contribution in [0.15, 0.2) is 29.3 Å². The molecule has 0 aromatic heterocycles. The van der Waals surface area contributed by atoms with Gasteiger partial charge in [0.15, 0.2) is 5.96 Å². The van der Waals surface area contributed by atoms with Crippen molar-refractivity contribution in [1.29, 1.82) is 0 Å². The van der Waals surface area contributed by atoms with E-state index in [9.17, 15) is 4.39 Å². The quantitative estimate of drug-likeness (QED) is 0.460. The van der Waals surface area contributed by atoms with E-state index in [0.29, 0.717) is 0 Å². The predicted octanol–water partition coefficient (Wildman–Crippen LogP) is 3.05. The second-order valence-corrected chi connectivity index (χ2v) is 5.01. The van der Waals surface area contributed by atoms with Crippen molar-refractivity contribution in [3.63, 3.8) is 0 Å². The van der Waals surface area contributed by atoms with Crippen LogP contribution in [0.3, 0.4) is 0 Å². The first kappa shape index (κ1) is 17.2. The highest BCUT2D eigenvalue weighted by Gasteiger charge is 2.44. The Morgan fingerprint density at radius 2 is 1.70 bits per heavy atom. The third-order valence-corrected chi connectivity index (χ3v) is 3.54. The number of halogens is 2. The molecule has 1 fully saturated rings. The number of nitrogens with one attached hydrogen (secondary N) is 2. The monoisotopic (exact) mass is 391 g/mol. The molecule has 0 saturated heterocycles. The molecule has 2 rings (SSSR count). The van der Waals surface area contributed by atoms with E-state index in [1.165, 1.54) is 17.7 Å². The summed E-state index contributed by atoms with van der Waals surface area (Å²) < 4.78 is 13.0. The number of benzene rings is 1. The van der Waals surface area contributed by atoms with Crippen LogP contribution in [0.1, 0.15) is 32.3 Å². The van der Waals surface area contributed by atoms with E-state index in [1.54, 1.807) is 0 Å². The van der Waals surface area contributed by atoms with Crippen molar-refractivity contribution >= 4 is 29.9 Å². The summed E-state index contributed by atoms with van der Waals surface area (Å²) in [6.07, 6.45) is 2.27. The second kappa shape index (κ2) is 7.81. The van der Waals surface area contributed by atoms with Crippen LogP contribution >= 0.6 is 24.0 Å². The van der Waals surface area contributed by atoms with E-state index in [4.69, 9.17) is 0 Å². The minimum Gasteiger partial charge on any atom is -0.357 e. The SMILES string of the molecule is CCNC(=NCC1(c2ccc(F)cc2)CC1)NCC.I. The maximum absolute atomic E-state index is 13.0. The van der Waals surface area contributed by atoms with Crippen LogP contribution in [0.5, 0.6) is 0 Å². The molecule has 1 aliphatic carbocycles. The molecule has 20 heavy (non-hydrogen) atoms. The number of hydrogen-bond donors (Lipinski definition) is 2. The van der Waals surface area contributed by atoms with Gasteiger partial charge in [-0.2, -0.15) is 0 Å². The molecule has 0 aliphatic heterocycles. The summed E-state index contributed by atoms with van der Waals surface area (Å²) in [5, 5.41) is 6.45. The molecule has 0 atom stereocenters. The van der Waals surface area contributed by atoms with Crippen LogP contribution in [0.25, 0.3) is 0 Å². The minimum atomic E-state index is -0.177. The van der Waals surface area contributed by atoms with Crippen LogP contribution in [0.2, 0.25) is 0 Å². The van der Waals surface area contributed by atoms with Gasteiger partial charge in [-0.25, -0.2) is 4.39 Å². The number of hydrogen-bond acceptors (Lipinski definition) is 1. The van der Waals surface area contributed by atoms with Crippen molar-refractivity contribution in [2.24, 2.45) is 4.99 Å². The molecule has 1 aliphatic rings. The lowest BCUT2D eigenvalue weighted by Crippen LogP contribution is -2.37. The van der Waals surface area contributed by atoms with Crippen LogP contribution in [0, 0.1) is 5.82 Å². The second-order valence-electron chi connectivity index (χ2n) is 5.01. The van der Waals surface area contributed by atoms with Crippen molar-refractivity contribution in [3.8, 4) is 0 Å². The number of aliphatic imine (C=N–C) groups is 1. The normalized spacial score (nSPS) is 14.9. The first-order valence-electron chi connectivity index (χ1n) is 6.98. The highest BCUT2D eigenvalue weighted by molar-refractivity contribution is 14.0. The lowest BCUT2D eigenvalue weighted by atomic mass is 9.96. The third-order valence-electron chi connectivity index (χ3n) is 3.54. The zero-order valence-corrected chi connectivity index (χ0v) is 14.4. The Bertz CT molecular complexity index is 433. The summed E-state index contributed by atoms with van der Waals surface area (Å²) in [4.78, 5) is 4.64. The standard InChI is InChI=1S/C15H22FN3.HI/c1-3-17-14(18-4-2)19-11-15(9-10-15)12-5-7-13(16)8-6-12;/h5-8H,3-4,9-11H2,1-2H3,(H2,17,18,19);1H. The van der Waals surface area contributed by atoms with Gasteiger partial charge in [-0.1, -0.05) is 12.1 Å². The Balaban J connectivity index is 0.00000200. The fraction of sp³-hybridized carbons (Fsp3) is 0.533. The zero-order chi connectivity index (χ0) is 13.7. The largest absolute Gasteiger partial charge is 0.357 e. The van der Waals surface area contributed by atoms with E-state index in [1.807, 2.05) is 12.1 Å². The van der Waals surface area contributed by atoms with E-state index in [2.05, 4.69) is 29.5 Å². The van der Waals surface area contributed by atoms with E-state index < -0.39 is 0 Å². The maximum Gasteiger partial charge on any atom is 0.191 e. The highest BCUT2D eigenvalue weighted by atomic mass is 127. The fourth-order valence-corrected chi connectivity index (χ4v) is 2.23. The maximum atomic E-state index is 13.0. The lowest BCUT2D eigenvalue weighted by Gasteiger charge is -2.15. The topological polar surface area (TPSA) is 36.4 Å². The van der Waals surface area contributed by atoms with Gasteiger partial charge in [0.1, 0.15) is 5.82 Å². The van der Waals surface area contributed by atoms with Crippen molar-refractivity contribution in [1.82, 2.24) is 10.6 Å². The molecule has 0 bridgehead atoms. The molecule has 0 radical (unpaired) electrons. The van der Waals surface area contributed by atoms with Gasteiger partial charge in [-0.3, -0.25) is 4.99 Å². The molecule has 0 spiro atoms. The fourth-order valence-electron chi connectivity index (χ4n) is 2.23. The van der Waals surface area contributed by atoms with Gasteiger partial charge in [0, 0.05) is 18.5 Å². The Morgan fingerprint density at radius 3 is 2.15 bits per heavy atom. The number of guanidine groups is 1. The minimum absolute atomic E-state index is 0. The molecule has 0 amide bonds. The van der Waals surface area contributed by atoms with Crippen molar-refractivity contribution in [2.75, 3.05) is 19.6 Å². The average Bonchev–Trinajstić information content (AvgIpc) is 3.18. The van der Waals surface area contributed by atoms with Crippen LogP contribution in [0.4, 0.5) is 4.39 Å². The van der Waals surface area contributed by atoms with Crippen molar-refractivity contribution < 1.29 is 4.39 Å². The summed E-state index contributed by atoms with van der Waals surface area (Å²) in [5.41, 5.74) is 1.33. The predicted molar refractivity (Wildman–Crippen MR) is 92.4 cm³/mol. The molecular formula is C15H23FIN3. The first-order valence-corrected chi connectivity index (χ1v) is 6.98. The highest BCUT2D eigenvalue weighted by Crippen LogP contribution is 2.48. The Kier molecular flexibility index (Phi) is 6.71. The van der Waals surface area contributed by atoms with Gasteiger partial charge in [0.05, 0.1) is 6.54 Å². The summed E-state index contributed by atoms with van der Waals surface area (Å²) >= 11 is 0. The van der Waals surface area contributed by atoms with Gasteiger partial charge >= 0.3 is 0 Å². The molecular weight excluding hydrogens is 368 g/mol. The van der Waals surface area contributed by atoms with Gasteiger partial charge in [0.2, 0.25) is 0 Å². The average molecular weight is 391 g/mol. The van der Waals surface area contributed by atoms with Crippen LogP contribution in [-0.4, -0.2) is 25.6 Å². The Hall–Kier alpha value is -0.850. The van der Waals surface area contributed by atoms with Gasteiger partial charge in [-0.15, -0.1) is 24.0 Å². The zero-order valence-electron chi connectivity index (χ0n) is 12.1. The molecule has 112 valence electrons. The van der Waals surface area contributed by atoms with Crippen molar-refractivity contribution in [2.45, 2.75) is 32.1 Å². The smallest absolute Gasteiger partial charge is 0.191 e. The molecule has 2 N–H and O–H groups in total. The number of rotatable bonds is 5. The van der Waals surface area contributed by atoms with Crippen LogP contribution in [-0.2, 0) is 5.41 Å². The molecule has 5 heteroatoms. The Morgan fingerprint density at radius 1 is 1.15 bits per heavy atom. The van der Waals surface area contributed by atoms with E-state index in [-0.39, 0.29) is 35.2 Å². The first-order chi connectivity index (χ1) is 9.20. The summed E-state index contributed by atoms with van der Waals surface area (Å²) in [6.45, 7) is 6.58. The summed E-state index contributed by atoms with van der Waals surface area (Å²) in [6, 6.07) is 6.85. The van der Waals surface area contributed by atoms with Crippen LogP contribution < -0.4 is 10.6 Å². The third kappa shape index (κ3) is 4.33. The van der Waals surface area contributed by atoms with Gasteiger partial charge < -0.3 is 10.6 Å². The molecule has 1 saturated carbocycles. The molecule has 3 nitrogen and oxygen atoms in total. The Labute approximate surface area is 137 Å². The lowest BCUT2D eigenvalue weighted by molar-refractivity contribution is 0.623. The molecule has 0 unspecified atom stereocenters. The summed E-state index contributed by atoms with van der Waals surface area (Å²) in [7, 11) is 0. The molecule has 0 heterocycles. The van der Waals surface area contributed by atoms with Gasteiger partial charge in [-0.05, 0) is 44.4 Å². The van der Waals surface area contributed by atoms with Crippen molar-refractivity contribution in [3.05, 3.63) is 35.6 Å². The number of nitrogens with zero attached hydrogens (tertiary/aromatic N) is 1. The van der Waals surface area contributed by atoms with E-state index >= 15 is 0 Å². The molecule has 1 aromatic rings.